The highest BCUT2D eigenvalue weighted by atomic mass is 32.1. The van der Waals surface area contributed by atoms with Gasteiger partial charge in [0, 0.05) is 31.2 Å². The van der Waals surface area contributed by atoms with Crippen molar-refractivity contribution in [2.24, 2.45) is 7.05 Å². The first-order valence-corrected chi connectivity index (χ1v) is 5.62. The van der Waals surface area contributed by atoms with E-state index in [4.69, 9.17) is 12.2 Å². The minimum Gasteiger partial charge on any atom is -0.329 e. The Kier molecular flexibility index (Phi) is 2.26. The summed E-state index contributed by atoms with van der Waals surface area (Å²) in [5.41, 5.74) is 3.97. The van der Waals surface area contributed by atoms with Crippen LogP contribution in [0.25, 0.3) is 22.3 Å². The molecule has 0 fully saturated rings. The number of H-pyrrole nitrogens is 1. The third kappa shape index (κ3) is 1.64. The van der Waals surface area contributed by atoms with Gasteiger partial charge >= 0.3 is 0 Å². The van der Waals surface area contributed by atoms with Crippen LogP contribution in [-0.4, -0.2) is 19.5 Å². The minimum atomic E-state index is 0.680. The van der Waals surface area contributed by atoms with Crippen LogP contribution in [0.15, 0.2) is 36.8 Å². The van der Waals surface area contributed by atoms with Crippen LogP contribution in [0.5, 0.6) is 0 Å². The minimum absolute atomic E-state index is 0.680. The third-order valence-corrected chi connectivity index (χ3v) is 3.12. The SMILES string of the molecule is Cn1c(=S)[nH]c2cc(-c3ccncc3)cnc21. The molecule has 1 N–H and O–H groups in total. The summed E-state index contributed by atoms with van der Waals surface area (Å²) in [5, 5.41) is 0. The number of nitrogens with zero attached hydrogens (tertiary/aromatic N) is 3. The van der Waals surface area contributed by atoms with Crippen molar-refractivity contribution in [3.63, 3.8) is 0 Å². The molecule has 0 radical (unpaired) electrons. The largest absolute Gasteiger partial charge is 0.329 e. The Bertz CT molecular complexity index is 727. The van der Waals surface area contributed by atoms with Gasteiger partial charge in [0.1, 0.15) is 0 Å². The van der Waals surface area contributed by atoms with Crippen LogP contribution in [-0.2, 0) is 7.05 Å². The molecule has 0 amide bonds. The van der Waals surface area contributed by atoms with Gasteiger partial charge in [0.15, 0.2) is 10.4 Å². The second kappa shape index (κ2) is 3.78. The zero-order valence-electron chi connectivity index (χ0n) is 9.21. The van der Waals surface area contributed by atoms with Gasteiger partial charge in [0.2, 0.25) is 0 Å². The van der Waals surface area contributed by atoms with Crippen molar-refractivity contribution in [3.8, 4) is 11.1 Å². The number of hydrogen-bond acceptors (Lipinski definition) is 3. The molecule has 0 aliphatic heterocycles. The number of imidazole rings is 1. The van der Waals surface area contributed by atoms with E-state index in [2.05, 4.69) is 15.0 Å². The molecule has 0 aromatic carbocycles. The normalized spacial score (nSPS) is 10.9. The number of aromatic nitrogens is 4. The lowest BCUT2D eigenvalue weighted by molar-refractivity contribution is 0.912. The lowest BCUT2D eigenvalue weighted by Crippen LogP contribution is -1.89. The van der Waals surface area contributed by atoms with E-state index in [1.807, 2.05) is 36.0 Å². The average Bonchev–Trinajstić information content (AvgIpc) is 2.66. The maximum atomic E-state index is 5.17. The molecule has 0 atom stereocenters. The summed E-state index contributed by atoms with van der Waals surface area (Å²) in [6, 6.07) is 5.97. The van der Waals surface area contributed by atoms with Gasteiger partial charge in [0.05, 0.1) is 5.52 Å². The molecule has 0 unspecified atom stereocenters. The van der Waals surface area contributed by atoms with Gasteiger partial charge in [-0.05, 0) is 36.0 Å². The number of pyridine rings is 2. The van der Waals surface area contributed by atoms with Crippen LogP contribution >= 0.6 is 12.2 Å². The predicted octanol–water partition coefficient (Wildman–Crippen LogP) is 2.69. The van der Waals surface area contributed by atoms with Gasteiger partial charge in [-0.1, -0.05) is 0 Å². The number of nitrogens with one attached hydrogen (secondary N) is 1. The Hall–Kier alpha value is -2.01. The lowest BCUT2D eigenvalue weighted by atomic mass is 10.1. The molecule has 3 aromatic rings. The van der Waals surface area contributed by atoms with Gasteiger partial charge in [-0.2, -0.15) is 0 Å². The van der Waals surface area contributed by atoms with Crippen LogP contribution in [0.4, 0.5) is 0 Å². The monoisotopic (exact) mass is 242 g/mol. The Labute approximate surface area is 103 Å². The second-order valence-electron chi connectivity index (χ2n) is 3.82. The molecule has 3 heterocycles. The highest BCUT2D eigenvalue weighted by Gasteiger charge is 2.04. The van der Waals surface area contributed by atoms with Gasteiger partial charge in [-0.3, -0.25) is 4.98 Å². The Morgan fingerprint density at radius 3 is 2.76 bits per heavy atom. The lowest BCUT2D eigenvalue weighted by Gasteiger charge is -2.00. The Morgan fingerprint density at radius 2 is 2.00 bits per heavy atom. The van der Waals surface area contributed by atoms with Crippen molar-refractivity contribution in [2.75, 3.05) is 0 Å². The number of fused-ring (bicyclic) bond motifs is 1. The summed E-state index contributed by atoms with van der Waals surface area (Å²) < 4.78 is 2.54. The van der Waals surface area contributed by atoms with Crippen molar-refractivity contribution in [3.05, 3.63) is 41.6 Å². The fourth-order valence-corrected chi connectivity index (χ4v) is 2.01. The topological polar surface area (TPSA) is 46.5 Å². The van der Waals surface area contributed by atoms with Crippen LogP contribution in [0.3, 0.4) is 0 Å². The van der Waals surface area contributed by atoms with E-state index in [9.17, 15) is 0 Å². The smallest absolute Gasteiger partial charge is 0.179 e. The summed E-state index contributed by atoms with van der Waals surface area (Å²) in [6.07, 6.45) is 5.39. The van der Waals surface area contributed by atoms with Crippen LogP contribution in [0.1, 0.15) is 0 Å². The van der Waals surface area contributed by atoms with Crippen molar-refractivity contribution in [1.82, 2.24) is 19.5 Å². The van der Waals surface area contributed by atoms with Crippen molar-refractivity contribution < 1.29 is 0 Å². The summed E-state index contributed by atoms with van der Waals surface area (Å²) in [6.45, 7) is 0. The van der Waals surface area contributed by atoms with Crippen molar-refractivity contribution in [1.29, 1.82) is 0 Å². The van der Waals surface area contributed by atoms with Crippen LogP contribution in [0, 0.1) is 4.77 Å². The molecule has 5 heteroatoms. The molecule has 0 aliphatic rings. The molecular formula is C12H10N4S. The zero-order chi connectivity index (χ0) is 11.8. The number of hydrogen-bond donors (Lipinski definition) is 1. The Balaban J connectivity index is 2.24. The molecule has 84 valence electrons. The molecule has 0 aliphatic carbocycles. The highest BCUT2D eigenvalue weighted by molar-refractivity contribution is 7.71. The quantitative estimate of drug-likeness (QED) is 0.667. The molecule has 0 saturated heterocycles. The van der Waals surface area contributed by atoms with E-state index < -0.39 is 0 Å². The van der Waals surface area contributed by atoms with Crippen LogP contribution in [0.2, 0.25) is 0 Å². The number of aryl methyl sites for hydroxylation is 1. The summed E-state index contributed by atoms with van der Waals surface area (Å²) >= 11 is 5.17. The zero-order valence-corrected chi connectivity index (χ0v) is 10.0. The Morgan fingerprint density at radius 1 is 1.24 bits per heavy atom. The molecule has 0 saturated carbocycles. The first-order chi connectivity index (χ1) is 8.25. The third-order valence-electron chi connectivity index (χ3n) is 2.74. The van der Waals surface area contributed by atoms with Gasteiger partial charge < -0.3 is 9.55 Å². The molecule has 0 spiro atoms. The van der Waals surface area contributed by atoms with Crippen LogP contribution < -0.4 is 0 Å². The average molecular weight is 242 g/mol. The summed E-state index contributed by atoms with van der Waals surface area (Å²) in [4.78, 5) is 11.6. The fraction of sp³-hybridized carbons (Fsp3) is 0.0833. The van der Waals surface area contributed by atoms with Gasteiger partial charge in [-0.15, -0.1) is 0 Å². The first kappa shape index (κ1) is 10.2. The second-order valence-corrected chi connectivity index (χ2v) is 4.21. The van der Waals surface area contributed by atoms with Crippen molar-refractivity contribution >= 4 is 23.4 Å². The summed E-state index contributed by atoms with van der Waals surface area (Å²) in [5.74, 6) is 0. The van der Waals surface area contributed by atoms with E-state index in [1.165, 1.54) is 0 Å². The van der Waals surface area contributed by atoms with E-state index in [0.29, 0.717) is 4.77 Å². The van der Waals surface area contributed by atoms with E-state index in [1.54, 1.807) is 12.4 Å². The molecule has 0 bridgehead atoms. The predicted molar refractivity (Wildman–Crippen MR) is 69.1 cm³/mol. The highest BCUT2D eigenvalue weighted by Crippen LogP contribution is 2.21. The molecule has 3 rings (SSSR count). The molecular weight excluding hydrogens is 232 g/mol. The van der Waals surface area contributed by atoms with E-state index in [0.717, 1.165) is 22.3 Å². The van der Waals surface area contributed by atoms with Crippen molar-refractivity contribution in [2.45, 2.75) is 0 Å². The maximum absolute atomic E-state index is 5.17. The molecule has 4 nitrogen and oxygen atoms in total. The van der Waals surface area contributed by atoms with Gasteiger partial charge in [0.25, 0.3) is 0 Å². The first-order valence-electron chi connectivity index (χ1n) is 5.21. The van der Waals surface area contributed by atoms with Gasteiger partial charge in [-0.25, -0.2) is 4.98 Å². The fourth-order valence-electron chi connectivity index (χ4n) is 1.81. The number of aromatic amines is 1. The standard InChI is InChI=1S/C12H10N4S/c1-16-11-10(15-12(16)17)6-9(7-14-11)8-2-4-13-5-3-8/h2-7H,1H3,(H,15,17). The maximum Gasteiger partial charge on any atom is 0.179 e. The summed E-state index contributed by atoms with van der Waals surface area (Å²) in [7, 11) is 1.90. The molecule has 3 aromatic heterocycles. The number of rotatable bonds is 1. The van der Waals surface area contributed by atoms with E-state index >= 15 is 0 Å². The molecule has 17 heavy (non-hydrogen) atoms. The van der Waals surface area contributed by atoms with E-state index in [-0.39, 0.29) is 0 Å².